The van der Waals surface area contributed by atoms with Crippen molar-refractivity contribution in [1.82, 2.24) is 0 Å². The van der Waals surface area contributed by atoms with Gasteiger partial charge in [0.25, 0.3) is 5.91 Å². The molecule has 0 radical (unpaired) electrons. The number of nitrogens with one attached hydrogen (secondary N) is 1. The van der Waals surface area contributed by atoms with E-state index in [-0.39, 0.29) is 12.4 Å². The Labute approximate surface area is 164 Å². The minimum atomic E-state index is -0.748. The van der Waals surface area contributed by atoms with Gasteiger partial charge in [-0.25, -0.2) is 4.79 Å². The number of hydrogen-bond acceptors (Lipinski definition) is 5. The van der Waals surface area contributed by atoms with Crippen LogP contribution in [0.1, 0.15) is 16.1 Å². The highest BCUT2D eigenvalue weighted by Gasteiger charge is 2.22. The molecule has 1 N–H and O–H groups in total. The summed E-state index contributed by atoms with van der Waals surface area (Å²) >= 11 is 11.7. The first-order valence-corrected chi connectivity index (χ1v) is 8.66. The number of benzene rings is 2. The second-order valence-electron chi connectivity index (χ2n) is 5.59. The monoisotopic (exact) mass is 407 g/mol. The smallest absolute Gasteiger partial charge is 0.375 e. The van der Waals surface area contributed by atoms with Crippen molar-refractivity contribution in [3.05, 3.63) is 63.8 Å². The number of para-hydroxylation sites is 1. The van der Waals surface area contributed by atoms with E-state index in [1.807, 2.05) is 12.1 Å². The molecule has 3 aromatic rings. The standard InChI is InChI=1S/C19H15Cl2NO5/c1-25-9-13-12-4-2-3-5-16(12)27-18(13)19(24)26-10-17(23)22-11-6-7-14(20)15(21)8-11/h2-8H,9-10H2,1H3,(H,22,23). The lowest BCUT2D eigenvalue weighted by Gasteiger charge is -2.07. The molecule has 8 heteroatoms. The Balaban J connectivity index is 1.68. The van der Waals surface area contributed by atoms with Crippen LogP contribution in [-0.2, 0) is 20.9 Å². The predicted molar refractivity (Wildman–Crippen MR) is 102 cm³/mol. The highest BCUT2D eigenvalue weighted by atomic mass is 35.5. The SMILES string of the molecule is COCc1c(C(=O)OCC(=O)Nc2ccc(Cl)c(Cl)c2)oc2ccccc12. The molecule has 0 spiro atoms. The Morgan fingerprint density at radius 2 is 1.89 bits per heavy atom. The van der Waals surface area contributed by atoms with E-state index in [9.17, 15) is 9.59 Å². The summed E-state index contributed by atoms with van der Waals surface area (Å²) in [5, 5.41) is 4.00. The summed E-state index contributed by atoms with van der Waals surface area (Å²) < 4.78 is 15.8. The van der Waals surface area contributed by atoms with Crippen LogP contribution in [0.2, 0.25) is 10.0 Å². The van der Waals surface area contributed by atoms with Gasteiger partial charge in [0.1, 0.15) is 5.58 Å². The fourth-order valence-corrected chi connectivity index (χ4v) is 2.82. The van der Waals surface area contributed by atoms with E-state index in [1.165, 1.54) is 13.2 Å². The zero-order chi connectivity index (χ0) is 19.4. The number of fused-ring (bicyclic) bond motifs is 1. The second-order valence-corrected chi connectivity index (χ2v) is 6.41. The van der Waals surface area contributed by atoms with Crippen LogP contribution in [0, 0.1) is 0 Å². The Kier molecular flexibility index (Phi) is 6.01. The van der Waals surface area contributed by atoms with Gasteiger partial charge in [-0.1, -0.05) is 41.4 Å². The molecule has 27 heavy (non-hydrogen) atoms. The van der Waals surface area contributed by atoms with Crippen molar-refractivity contribution in [2.24, 2.45) is 0 Å². The van der Waals surface area contributed by atoms with E-state index in [2.05, 4.69) is 5.32 Å². The summed E-state index contributed by atoms with van der Waals surface area (Å²) in [5.74, 6) is -1.26. The van der Waals surface area contributed by atoms with Crippen LogP contribution in [0.3, 0.4) is 0 Å². The molecule has 0 bridgehead atoms. The maximum absolute atomic E-state index is 12.4. The Morgan fingerprint density at radius 3 is 2.63 bits per heavy atom. The first kappa shape index (κ1) is 19.2. The Hall–Kier alpha value is -2.54. The third kappa shape index (κ3) is 4.42. The van der Waals surface area contributed by atoms with Crippen molar-refractivity contribution >= 4 is 51.7 Å². The molecular weight excluding hydrogens is 393 g/mol. The number of amides is 1. The number of carbonyl (C=O) groups excluding carboxylic acids is 2. The number of carbonyl (C=O) groups is 2. The largest absolute Gasteiger partial charge is 0.450 e. The highest BCUT2D eigenvalue weighted by molar-refractivity contribution is 6.42. The van der Waals surface area contributed by atoms with Crippen molar-refractivity contribution in [2.45, 2.75) is 6.61 Å². The summed E-state index contributed by atoms with van der Waals surface area (Å²) in [6.45, 7) is -0.306. The van der Waals surface area contributed by atoms with Crippen molar-refractivity contribution in [1.29, 1.82) is 0 Å². The number of methoxy groups -OCH3 is 1. The molecule has 0 aliphatic carbocycles. The number of rotatable bonds is 6. The zero-order valence-corrected chi connectivity index (χ0v) is 15.8. The molecule has 140 valence electrons. The van der Waals surface area contributed by atoms with Crippen molar-refractivity contribution in [3.63, 3.8) is 0 Å². The van der Waals surface area contributed by atoms with Gasteiger partial charge in [-0.3, -0.25) is 4.79 Å². The molecule has 0 aliphatic rings. The minimum Gasteiger partial charge on any atom is -0.450 e. The molecule has 1 amide bonds. The van der Waals surface area contributed by atoms with E-state index in [1.54, 1.807) is 24.3 Å². The van der Waals surface area contributed by atoms with Gasteiger partial charge in [-0.15, -0.1) is 0 Å². The van der Waals surface area contributed by atoms with Crippen LogP contribution < -0.4 is 5.32 Å². The number of furan rings is 1. The third-order valence-corrected chi connectivity index (χ3v) is 4.45. The van der Waals surface area contributed by atoms with E-state index in [4.69, 9.17) is 37.1 Å². The van der Waals surface area contributed by atoms with E-state index in [0.717, 1.165) is 5.39 Å². The number of anilines is 1. The number of esters is 1. The van der Waals surface area contributed by atoms with Crippen molar-refractivity contribution in [3.8, 4) is 0 Å². The van der Waals surface area contributed by atoms with E-state index < -0.39 is 18.5 Å². The van der Waals surface area contributed by atoms with Crippen molar-refractivity contribution < 1.29 is 23.5 Å². The molecule has 0 fully saturated rings. The van der Waals surface area contributed by atoms with Gasteiger partial charge in [0.2, 0.25) is 5.76 Å². The Morgan fingerprint density at radius 1 is 1.11 bits per heavy atom. The second kappa shape index (κ2) is 8.43. The van der Waals surface area contributed by atoms with Crippen LogP contribution in [0.15, 0.2) is 46.9 Å². The fraction of sp³-hybridized carbons (Fsp3) is 0.158. The lowest BCUT2D eigenvalue weighted by molar-refractivity contribution is -0.119. The van der Waals surface area contributed by atoms with E-state index >= 15 is 0 Å². The molecule has 1 heterocycles. The minimum absolute atomic E-state index is 0.0142. The summed E-state index contributed by atoms with van der Waals surface area (Å²) in [4.78, 5) is 24.4. The number of halogens is 2. The first-order chi connectivity index (χ1) is 13.0. The highest BCUT2D eigenvalue weighted by Crippen LogP contribution is 2.27. The molecule has 0 aliphatic heterocycles. The first-order valence-electron chi connectivity index (χ1n) is 7.91. The molecule has 3 rings (SSSR count). The lowest BCUT2D eigenvalue weighted by Crippen LogP contribution is -2.21. The number of ether oxygens (including phenoxy) is 2. The van der Waals surface area contributed by atoms with Gasteiger partial charge in [-0.05, 0) is 24.3 Å². The van der Waals surface area contributed by atoms with Gasteiger partial charge >= 0.3 is 5.97 Å². The zero-order valence-electron chi connectivity index (χ0n) is 14.3. The molecule has 0 saturated heterocycles. The predicted octanol–water partition coefficient (Wildman–Crippen LogP) is 4.68. The normalized spacial score (nSPS) is 10.8. The topological polar surface area (TPSA) is 77.8 Å². The van der Waals surface area contributed by atoms with Gasteiger partial charge in [0.15, 0.2) is 6.61 Å². The molecule has 1 aromatic heterocycles. The summed E-state index contributed by atoms with van der Waals surface area (Å²) in [5.41, 5.74) is 1.55. The quantitative estimate of drug-likeness (QED) is 0.600. The van der Waals surface area contributed by atoms with Crippen LogP contribution in [0.4, 0.5) is 5.69 Å². The van der Waals surface area contributed by atoms with E-state index in [0.29, 0.717) is 26.9 Å². The molecule has 6 nitrogen and oxygen atoms in total. The maximum Gasteiger partial charge on any atom is 0.375 e. The van der Waals surface area contributed by atoms with Gasteiger partial charge < -0.3 is 19.2 Å². The summed E-state index contributed by atoms with van der Waals surface area (Å²) in [7, 11) is 1.52. The fourth-order valence-electron chi connectivity index (χ4n) is 2.52. The molecule has 0 atom stereocenters. The van der Waals surface area contributed by atoms with Crippen LogP contribution in [-0.4, -0.2) is 25.6 Å². The molecule has 2 aromatic carbocycles. The van der Waals surface area contributed by atoms with Crippen LogP contribution >= 0.6 is 23.2 Å². The summed E-state index contributed by atoms with van der Waals surface area (Å²) in [6.07, 6.45) is 0. The Bertz CT molecular complexity index is 999. The number of hydrogen-bond donors (Lipinski definition) is 1. The lowest BCUT2D eigenvalue weighted by atomic mass is 10.1. The van der Waals surface area contributed by atoms with Gasteiger partial charge in [0, 0.05) is 23.7 Å². The molecule has 0 unspecified atom stereocenters. The van der Waals surface area contributed by atoms with Crippen LogP contribution in [0.25, 0.3) is 11.0 Å². The van der Waals surface area contributed by atoms with Gasteiger partial charge in [-0.2, -0.15) is 0 Å². The summed E-state index contributed by atoms with van der Waals surface area (Å²) in [6, 6.07) is 11.8. The third-order valence-electron chi connectivity index (χ3n) is 3.71. The van der Waals surface area contributed by atoms with Crippen LogP contribution in [0.5, 0.6) is 0 Å². The average molecular weight is 408 g/mol. The van der Waals surface area contributed by atoms with Crippen molar-refractivity contribution in [2.75, 3.05) is 19.0 Å². The average Bonchev–Trinajstić information content (AvgIpc) is 3.02. The molecule has 0 saturated carbocycles. The van der Waals surface area contributed by atoms with Gasteiger partial charge in [0.05, 0.1) is 16.7 Å². The maximum atomic E-state index is 12.4. The molecular formula is C19H15Cl2NO5.